The Kier molecular flexibility index (Phi) is 19.8. The molecule has 45 heavy (non-hydrogen) atoms. The van der Waals surface area contributed by atoms with Crippen molar-refractivity contribution in [3.63, 3.8) is 0 Å². The third-order valence-electron chi connectivity index (χ3n) is 6.32. The standard InChI is InChI=1S/C25H47N9O9S2/c1-25(2,23(42)33-16(10-35)20(38)32-17(12-45)22(40)41)34-21(39)15(7-5-9-29-24(28)43)31-19(37)14(6-3-4-8-26)30-18(36)13(27)11-44/h13-17,35,44-45H,3-12,26-27H2,1-2H3,(H,30,36)(H,31,37)(H,32,38)(H,33,42)(H,34,39)(H,40,41)(H3,28,29,43)/t13-,14-,15-,16-,17-/m0/s1. The van der Waals surface area contributed by atoms with Crippen molar-refractivity contribution in [2.75, 3.05) is 31.2 Å². The molecule has 0 bridgehead atoms. The van der Waals surface area contributed by atoms with Gasteiger partial charge in [0.25, 0.3) is 0 Å². The van der Waals surface area contributed by atoms with Crippen molar-refractivity contribution in [2.24, 2.45) is 17.2 Å². The van der Waals surface area contributed by atoms with Crippen LogP contribution in [0.4, 0.5) is 4.79 Å². The van der Waals surface area contributed by atoms with Gasteiger partial charge >= 0.3 is 12.0 Å². The number of unbranched alkanes of at least 4 members (excludes halogenated alkanes) is 1. The Labute approximate surface area is 272 Å². The van der Waals surface area contributed by atoms with Gasteiger partial charge in [0.15, 0.2) is 0 Å². The van der Waals surface area contributed by atoms with E-state index in [1.54, 1.807) is 0 Å². The first-order valence-corrected chi connectivity index (χ1v) is 15.4. The second-order valence-corrected chi connectivity index (χ2v) is 11.3. The molecule has 5 atom stereocenters. The number of thiol groups is 2. The van der Waals surface area contributed by atoms with Crippen molar-refractivity contribution in [1.82, 2.24) is 31.9 Å². The number of carboxylic acid groups (broad SMARTS) is 1. The van der Waals surface area contributed by atoms with E-state index in [-0.39, 0.29) is 37.3 Å². The molecule has 0 unspecified atom stereocenters. The fourth-order valence-corrected chi connectivity index (χ4v) is 4.04. The van der Waals surface area contributed by atoms with Crippen LogP contribution in [0.25, 0.3) is 0 Å². The Hall–Kier alpha value is -3.33. The number of rotatable bonds is 22. The highest BCUT2D eigenvalue weighted by Crippen LogP contribution is 2.09. The van der Waals surface area contributed by atoms with Gasteiger partial charge in [0.05, 0.1) is 12.6 Å². The lowest BCUT2D eigenvalue weighted by Crippen LogP contribution is -2.63. The minimum atomic E-state index is -1.72. The van der Waals surface area contributed by atoms with E-state index >= 15 is 0 Å². The predicted molar refractivity (Wildman–Crippen MR) is 170 cm³/mol. The summed E-state index contributed by atoms with van der Waals surface area (Å²) >= 11 is 7.83. The molecule has 0 saturated heterocycles. The van der Waals surface area contributed by atoms with E-state index in [1.807, 2.05) is 0 Å². The molecular formula is C25H47N9O9S2. The lowest BCUT2D eigenvalue weighted by molar-refractivity contribution is -0.142. The van der Waals surface area contributed by atoms with Crippen molar-refractivity contribution < 1.29 is 43.8 Å². The zero-order chi connectivity index (χ0) is 34.7. The maximum atomic E-state index is 13.4. The number of primary amides is 1. The first-order valence-electron chi connectivity index (χ1n) is 14.1. The summed E-state index contributed by atoms with van der Waals surface area (Å²) in [6.45, 7) is 2.11. The van der Waals surface area contributed by atoms with Gasteiger partial charge in [0.1, 0.15) is 29.7 Å². The molecule has 0 aliphatic carbocycles. The third-order valence-corrected chi connectivity index (χ3v) is 7.08. The van der Waals surface area contributed by atoms with E-state index < -0.39 is 83.9 Å². The van der Waals surface area contributed by atoms with Crippen LogP contribution >= 0.6 is 25.3 Å². The van der Waals surface area contributed by atoms with Crippen LogP contribution in [-0.2, 0) is 28.8 Å². The zero-order valence-corrected chi connectivity index (χ0v) is 27.1. The van der Waals surface area contributed by atoms with Crippen molar-refractivity contribution in [3.8, 4) is 0 Å². The van der Waals surface area contributed by atoms with Gasteiger partial charge in [-0.3, -0.25) is 24.0 Å². The molecule has 0 fully saturated rings. The second-order valence-electron chi connectivity index (χ2n) is 10.5. The Bertz CT molecular complexity index is 1040. The fraction of sp³-hybridized carbons (Fsp3) is 0.720. The van der Waals surface area contributed by atoms with Crippen LogP contribution in [0.3, 0.4) is 0 Å². The van der Waals surface area contributed by atoms with Crippen LogP contribution in [-0.4, -0.2) is 119 Å². The van der Waals surface area contributed by atoms with Crippen LogP contribution in [0.15, 0.2) is 0 Å². The van der Waals surface area contributed by atoms with E-state index in [0.717, 1.165) is 0 Å². The van der Waals surface area contributed by atoms with Crippen LogP contribution in [0.2, 0.25) is 0 Å². The minimum Gasteiger partial charge on any atom is -0.480 e. The molecule has 258 valence electrons. The van der Waals surface area contributed by atoms with Gasteiger partial charge in [-0.15, -0.1) is 0 Å². The molecule has 0 rings (SSSR count). The average molecular weight is 682 g/mol. The molecule has 0 aliphatic heterocycles. The van der Waals surface area contributed by atoms with Crippen molar-refractivity contribution in [1.29, 1.82) is 0 Å². The van der Waals surface area contributed by atoms with E-state index in [9.17, 15) is 38.7 Å². The maximum Gasteiger partial charge on any atom is 0.327 e. The lowest BCUT2D eigenvalue weighted by Gasteiger charge is -2.30. The van der Waals surface area contributed by atoms with Gasteiger partial charge in [-0.25, -0.2) is 9.59 Å². The third kappa shape index (κ3) is 16.0. The largest absolute Gasteiger partial charge is 0.480 e. The molecule has 0 aromatic carbocycles. The molecule has 0 spiro atoms. The summed E-state index contributed by atoms with van der Waals surface area (Å²) < 4.78 is 0. The monoisotopic (exact) mass is 681 g/mol. The topological polar surface area (TPSA) is 310 Å². The van der Waals surface area contributed by atoms with Crippen molar-refractivity contribution in [3.05, 3.63) is 0 Å². The number of aliphatic carboxylic acids is 1. The smallest absolute Gasteiger partial charge is 0.327 e. The number of nitrogens with two attached hydrogens (primary N) is 3. The Morgan fingerprint density at radius 1 is 0.756 bits per heavy atom. The van der Waals surface area contributed by atoms with Crippen LogP contribution in [0, 0.1) is 0 Å². The molecule has 0 aromatic heterocycles. The summed E-state index contributed by atoms with van der Waals surface area (Å²) in [7, 11) is 0. The molecule has 0 saturated carbocycles. The quantitative estimate of drug-likeness (QED) is 0.0383. The first kappa shape index (κ1) is 41.7. The van der Waals surface area contributed by atoms with Crippen molar-refractivity contribution in [2.45, 2.75) is 81.7 Å². The molecule has 14 N–H and O–H groups in total. The summed E-state index contributed by atoms with van der Waals surface area (Å²) in [5.74, 6) is -5.70. The highest BCUT2D eigenvalue weighted by Gasteiger charge is 2.36. The normalized spacial score (nSPS) is 14.5. The first-order chi connectivity index (χ1) is 21.0. The summed E-state index contributed by atoms with van der Waals surface area (Å²) in [6.07, 6.45) is 1.35. The Balaban J connectivity index is 5.84. The fourth-order valence-electron chi connectivity index (χ4n) is 3.62. The van der Waals surface area contributed by atoms with Gasteiger partial charge in [0, 0.05) is 18.1 Å². The highest BCUT2D eigenvalue weighted by molar-refractivity contribution is 7.80. The van der Waals surface area contributed by atoms with Crippen LogP contribution < -0.4 is 49.1 Å². The zero-order valence-electron chi connectivity index (χ0n) is 25.3. The summed E-state index contributed by atoms with van der Waals surface area (Å²) in [4.78, 5) is 86.8. The maximum absolute atomic E-state index is 13.4. The summed E-state index contributed by atoms with van der Waals surface area (Å²) in [5, 5.41) is 33.1. The number of hydrogen-bond donors (Lipinski definition) is 13. The van der Waals surface area contributed by atoms with E-state index in [1.165, 1.54) is 13.8 Å². The molecule has 0 radical (unpaired) electrons. The highest BCUT2D eigenvalue weighted by atomic mass is 32.1. The molecule has 18 nitrogen and oxygen atoms in total. The predicted octanol–water partition coefficient (Wildman–Crippen LogP) is -4.34. The molecule has 20 heteroatoms. The van der Waals surface area contributed by atoms with Gasteiger partial charge in [-0.1, -0.05) is 0 Å². The summed E-state index contributed by atoms with van der Waals surface area (Å²) in [6, 6.07) is -7.09. The number of carbonyl (C=O) groups excluding carboxylic acids is 6. The van der Waals surface area contributed by atoms with Gasteiger partial charge < -0.3 is 59.3 Å². The molecule has 0 aliphatic rings. The Morgan fingerprint density at radius 2 is 1.29 bits per heavy atom. The van der Waals surface area contributed by atoms with Gasteiger partial charge in [0.2, 0.25) is 29.5 Å². The molecule has 0 aromatic rings. The number of aliphatic hydroxyl groups excluding tert-OH is 1. The SMILES string of the molecule is CC(C)(NC(=O)[C@H](CCCNC(N)=O)NC(=O)[C@H](CCCCN)NC(=O)[C@@H](N)CS)C(=O)N[C@@H](CO)C(=O)N[C@@H](CS)C(=O)O. The number of hydrogen-bond acceptors (Lipinski definition) is 12. The number of urea groups is 1. The van der Waals surface area contributed by atoms with Crippen molar-refractivity contribution >= 4 is 66.8 Å². The molecular weight excluding hydrogens is 634 g/mol. The second kappa shape index (κ2) is 21.4. The number of nitrogens with one attached hydrogen (secondary N) is 6. The van der Waals surface area contributed by atoms with E-state index in [4.69, 9.17) is 22.3 Å². The molecule has 0 heterocycles. The number of amides is 7. The number of carbonyl (C=O) groups is 7. The number of aliphatic hydroxyl groups is 1. The van der Waals surface area contributed by atoms with Gasteiger partial charge in [-0.05, 0) is 52.5 Å². The lowest BCUT2D eigenvalue weighted by atomic mass is 10.0. The van der Waals surface area contributed by atoms with E-state index in [0.29, 0.717) is 19.4 Å². The van der Waals surface area contributed by atoms with Crippen LogP contribution in [0.1, 0.15) is 46.0 Å². The Morgan fingerprint density at radius 3 is 1.80 bits per heavy atom. The summed E-state index contributed by atoms with van der Waals surface area (Å²) in [5.41, 5.74) is 14.6. The minimum absolute atomic E-state index is 0.0200. The van der Waals surface area contributed by atoms with Gasteiger partial charge in [-0.2, -0.15) is 25.3 Å². The van der Waals surface area contributed by atoms with E-state index in [2.05, 4.69) is 57.2 Å². The average Bonchev–Trinajstić information content (AvgIpc) is 2.97. The number of carboxylic acids is 1. The molecule has 7 amide bonds. The van der Waals surface area contributed by atoms with Crippen LogP contribution in [0.5, 0.6) is 0 Å².